The highest BCUT2D eigenvalue weighted by Crippen LogP contribution is 2.36. The van der Waals surface area contributed by atoms with E-state index in [4.69, 9.17) is 9.47 Å². The van der Waals surface area contributed by atoms with Gasteiger partial charge in [-0.2, -0.15) is 0 Å². The zero-order valence-electron chi connectivity index (χ0n) is 22.4. The lowest BCUT2D eigenvalue weighted by Crippen LogP contribution is -2.54. The Kier molecular flexibility index (Phi) is 7.97. The van der Waals surface area contributed by atoms with Gasteiger partial charge in [0.25, 0.3) is 5.91 Å². The number of hydrogen-bond donors (Lipinski definition) is 1. The lowest BCUT2D eigenvalue weighted by molar-refractivity contribution is -0.138. The average molecular weight is 547 g/mol. The predicted molar refractivity (Wildman–Crippen MR) is 146 cm³/mol. The van der Waals surface area contributed by atoms with Crippen molar-refractivity contribution in [3.8, 4) is 5.75 Å². The zero-order chi connectivity index (χ0) is 28.2. The van der Waals surface area contributed by atoms with Crippen molar-refractivity contribution in [2.75, 3.05) is 45.7 Å². The summed E-state index contributed by atoms with van der Waals surface area (Å²) in [6.45, 7) is 2.61. The molecule has 2 atom stereocenters. The molecule has 208 valence electrons. The fourth-order valence-corrected chi connectivity index (χ4v) is 4.93. The summed E-state index contributed by atoms with van der Waals surface area (Å²) in [7, 11) is 3.55. The number of hydrogen-bond acceptors (Lipinski definition) is 6. The maximum absolute atomic E-state index is 13.9. The van der Waals surface area contributed by atoms with Gasteiger partial charge in [-0.05, 0) is 66.7 Å². The molecule has 3 aromatic rings. The van der Waals surface area contributed by atoms with Crippen LogP contribution in [0.5, 0.6) is 5.75 Å². The Hall–Kier alpha value is -4.44. The van der Waals surface area contributed by atoms with Gasteiger partial charge in [-0.25, -0.2) is 9.18 Å². The van der Waals surface area contributed by atoms with Gasteiger partial charge in [0, 0.05) is 37.4 Å². The third-order valence-corrected chi connectivity index (χ3v) is 7.24. The monoisotopic (exact) mass is 546 g/mol. The maximum Gasteiger partial charge on any atom is 0.411 e. The van der Waals surface area contributed by atoms with Crippen LogP contribution in [0.3, 0.4) is 0 Å². The maximum atomic E-state index is 13.9. The summed E-state index contributed by atoms with van der Waals surface area (Å²) in [6, 6.07) is 18.6. The molecule has 0 spiro atoms. The first kappa shape index (κ1) is 27.1. The number of amides is 3. The Morgan fingerprint density at radius 3 is 2.38 bits per heavy atom. The van der Waals surface area contributed by atoms with Crippen molar-refractivity contribution in [3.63, 3.8) is 0 Å². The smallest absolute Gasteiger partial charge is 0.411 e. The molecule has 2 aliphatic heterocycles. The molecule has 0 aromatic heterocycles. The molecule has 2 unspecified atom stereocenters. The number of halogens is 1. The first-order chi connectivity index (χ1) is 19.3. The van der Waals surface area contributed by atoms with Crippen LogP contribution in [0.1, 0.15) is 27.6 Å². The van der Waals surface area contributed by atoms with Crippen molar-refractivity contribution >= 4 is 23.6 Å². The molecule has 2 fully saturated rings. The number of carbonyl (C=O) groups is 3. The Morgan fingerprint density at radius 1 is 1.00 bits per heavy atom. The first-order valence-electron chi connectivity index (χ1n) is 13.1. The minimum Gasteiger partial charge on any atom is -0.497 e. The van der Waals surface area contributed by atoms with Crippen molar-refractivity contribution in [1.29, 1.82) is 0 Å². The molecule has 3 aromatic carbocycles. The van der Waals surface area contributed by atoms with Crippen molar-refractivity contribution in [1.82, 2.24) is 14.7 Å². The molecule has 9 nitrogen and oxygen atoms in total. The molecule has 0 bridgehead atoms. The van der Waals surface area contributed by atoms with Crippen molar-refractivity contribution in [3.05, 3.63) is 95.3 Å². The molecule has 40 heavy (non-hydrogen) atoms. The summed E-state index contributed by atoms with van der Waals surface area (Å²) < 4.78 is 24.5. The quantitative estimate of drug-likeness (QED) is 0.483. The number of likely N-dealkylation sites (N-methyl/N-ethyl adjacent to an activating group) is 1. The van der Waals surface area contributed by atoms with E-state index in [1.165, 1.54) is 17.0 Å². The van der Waals surface area contributed by atoms with Crippen LogP contribution >= 0.6 is 0 Å². The van der Waals surface area contributed by atoms with Gasteiger partial charge in [0.05, 0.1) is 13.7 Å². The molecule has 0 aliphatic carbocycles. The zero-order valence-corrected chi connectivity index (χ0v) is 22.4. The number of nitrogens with one attached hydrogen (secondary N) is 1. The van der Waals surface area contributed by atoms with Gasteiger partial charge in [-0.15, -0.1) is 0 Å². The van der Waals surface area contributed by atoms with Gasteiger partial charge in [0.2, 0.25) is 5.91 Å². The van der Waals surface area contributed by atoms with Crippen molar-refractivity contribution < 1.29 is 28.2 Å². The third kappa shape index (κ3) is 5.91. The summed E-state index contributed by atoms with van der Waals surface area (Å²) in [5.41, 5.74) is 2.20. The number of benzene rings is 3. The predicted octanol–water partition coefficient (Wildman–Crippen LogP) is 3.92. The normalized spacial score (nSPS) is 19.3. The van der Waals surface area contributed by atoms with E-state index in [0.29, 0.717) is 41.2 Å². The molecular weight excluding hydrogens is 515 g/mol. The van der Waals surface area contributed by atoms with Gasteiger partial charge in [-0.1, -0.05) is 24.3 Å². The van der Waals surface area contributed by atoms with Gasteiger partial charge >= 0.3 is 6.09 Å². The highest BCUT2D eigenvalue weighted by molar-refractivity contribution is 6.04. The van der Waals surface area contributed by atoms with E-state index in [9.17, 15) is 18.8 Å². The molecule has 2 aliphatic rings. The second kappa shape index (κ2) is 11.7. The fourth-order valence-electron chi connectivity index (χ4n) is 4.93. The van der Waals surface area contributed by atoms with E-state index in [2.05, 4.69) is 10.2 Å². The molecule has 5 rings (SSSR count). The Labute approximate surface area is 232 Å². The van der Waals surface area contributed by atoms with Gasteiger partial charge < -0.3 is 24.6 Å². The summed E-state index contributed by atoms with van der Waals surface area (Å²) in [5, 5.41) is 2.87. The average Bonchev–Trinajstić information content (AvgIpc) is 3.30. The molecule has 1 N–H and O–H groups in total. The summed E-state index contributed by atoms with van der Waals surface area (Å²) in [5.74, 6) is -0.267. The van der Waals surface area contributed by atoms with E-state index in [-0.39, 0.29) is 24.2 Å². The van der Waals surface area contributed by atoms with E-state index in [1.54, 1.807) is 72.7 Å². The van der Waals surface area contributed by atoms with Crippen LogP contribution in [0, 0.1) is 5.82 Å². The standard InChI is InChI=1S/C30H31FN4O5/c1-33-14-16-34(17-15-33)29(37)26-27(40-30(38)35(26)19-20-6-10-23(31)11-7-20)22-4-3-5-24(18-22)32-28(36)21-8-12-25(39-2)13-9-21/h3-13,18,26-27H,14-17,19H2,1-2H3,(H,32,36). The Balaban J connectivity index is 1.41. The largest absolute Gasteiger partial charge is 0.497 e. The van der Waals surface area contributed by atoms with E-state index in [0.717, 1.165) is 13.1 Å². The van der Waals surface area contributed by atoms with E-state index < -0.39 is 18.2 Å². The van der Waals surface area contributed by atoms with Crippen molar-refractivity contribution in [2.24, 2.45) is 0 Å². The number of rotatable bonds is 7. The SMILES string of the molecule is COc1ccc(C(=O)Nc2cccc(C3OC(=O)N(Cc4ccc(F)cc4)C3C(=O)N3CCN(C)CC3)c2)cc1. The van der Waals surface area contributed by atoms with Crippen LogP contribution in [0.2, 0.25) is 0 Å². The highest BCUT2D eigenvalue weighted by Gasteiger charge is 2.48. The molecule has 10 heteroatoms. The molecule has 2 saturated heterocycles. The topological polar surface area (TPSA) is 91.4 Å². The summed E-state index contributed by atoms with van der Waals surface area (Å²) >= 11 is 0. The second-order valence-electron chi connectivity index (χ2n) is 9.94. The number of anilines is 1. The van der Waals surface area contributed by atoms with E-state index in [1.807, 2.05) is 7.05 Å². The number of cyclic esters (lactones) is 1. The third-order valence-electron chi connectivity index (χ3n) is 7.24. The fraction of sp³-hybridized carbons (Fsp3) is 0.300. The van der Waals surface area contributed by atoms with Crippen LogP contribution in [-0.4, -0.2) is 79.0 Å². The minimum atomic E-state index is -0.923. The molecule has 0 saturated carbocycles. The Morgan fingerprint density at radius 2 is 1.70 bits per heavy atom. The number of carbonyl (C=O) groups excluding carboxylic acids is 3. The lowest BCUT2D eigenvalue weighted by atomic mass is 9.99. The first-order valence-corrected chi connectivity index (χ1v) is 13.1. The number of ether oxygens (including phenoxy) is 2. The van der Waals surface area contributed by atoms with Crippen LogP contribution < -0.4 is 10.1 Å². The summed E-state index contributed by atoms with van der Waals surface area (Å²) in [6.07, 6.45) is -1.52. The lowest BCUT2D eigenvalue weighted by Gasteiger charge is -2.36. The van der Waals surface area contributed by atoms with Crippen LogP contribution in [0.25, 0.3) is 0 Å². The summed E-state index contributed by atoms with van der Waals surface area (Å²) in [4.78, 5) is 45.2. The molecular formula is C30H31FN4O5. The Bertz CT molecular complexity index is 1370. The van der Waals surface area contributed by atoms with Crippen LogP contribution in [-0.2, 0) is 16.1 Å². The highest BCUT2D eigenvalue weighted by atomic mass is 19.1. The number of methoxy groups -OCH3 is 1. The molecule has 3 amide bonds. The van der Waals surface area contributed by atoms with Crippen molar-refractivity contribution in [2.45, 2.75) is 18.7 Å². The van der Waals surface area contributed by atoms with Gasteiger partial charge in [0.1, 0.15) is 11.6 Å². The van der Waals surface area contributed by atoms with Crippen LogP contribution in [0.15, 0.2) is 72.8 Å². The number of piperazine rings is 1. The van der Waals surface area contributed by atoms with Crippen LogP contribution in [0.4, 0.5) is 14.9 Å². The minimum absolute atomic E-state index is 0.0909. The van der Waals surface area contributed by atoms with Gasteiger partial charge in [-0.3, -0.25) is 14.5 Å². The molecule has 2 heterocycles. The van der Waals surface area contributed by atoms with Gasteiger partial charge in [0.15, 0.2) is 12.1 Å². The second-order valence-corrected chi connectivity index (χ2v) is 9.94. The van der Waals surface area contributed by atoms with E-state index >= 15 is 0 Å². The number of nitrogens with zero attached hydrogens (tertiary/aromatic N) is 3. The molecule has 0 radical (unpaired) electrons.